The lowest BCUT2D eigenvalue weighted by Gasteiger charge is -2.21. The molecule has 1 fully saturated rings. The average Bonchev–Trinajstić information content (AvgIpc) is 2.98. The Morgan fingerprint density at radius 2 is 2.23 bits per heavy atom. The predicted molar refractivity (Wildman–Crippen MR) is 82.2 cm³/mol. The van der Waals surface area contributed by atoms with Gasteiger partial charge in [0.25, 0.3) is 0 Å². The minimum Gasteiger partial charge on any atom is -0.493 e. The van der Waals surface area contributed by atoms with Crippen molar-refractivity contribution < 1.29 is 19.0 Å². The van der Waals surface area contributed by atoms with Crippen molar-refractivity contribution in [2.45, 2.75) is 12.5 Å². The highest BCUT2D eigenvalue weighted by Crippen LogP contribution is 2.40. The van der Waals surface area contributed by atoms with Crippen molar-refractivity contribution in [2.24, 2.45) is 5.73 Å². The summed E-state index contributed by atoms with van der Waals surface area (Å²) in [4.78, 5) is 13.9. The molecule has 1 aromatic rings. The third kappa shape index (κ3) is 3.01. The molecule has 0 spiro atoms. The van der Waals surface area contributed by atoms with Crippen molar-refractivity contribution in [1.82, 2.24) is 4.90 Å². The van der Waals surface area contributed by atoms with Crippen LogP contribution in [0.1, 0.15) is 12.0 Å². The Kier molecular flexibility index (Phi) is 4.20. The molecule has 0 aliphatic carbocycles. The molecule has 0 radical (unpaired) electrons. The minimum atomic E-state index is -0.0261. The third-order valence-electron chi connectivity index (χ3n) is 3.81. The number of nitrogens with zero attached hydrogens (tertiary/aromatic N) is 1. The number of benzene rings is 1. The molecule has 2 N–H and O–H groups in total. The molecule has 0 saturated carbocycles. The number of methoxy groups -OCH3 is 1. The lowest BCUT2D eigenvalue weighted by atomic mass is 10.1. The Balaban J connectivity index is 1.77. The molecule has 1 aromatic carbocycles. The number of hydrogen-bond acceptors (Lipinski definition) is 5. The molecule has 6 nitrogen and oxygen atoms in total. The van der Waals surface area contributed by atoms with Gasteiger partial charge in [-0.15, -0.1) is 0 Å². The summed E-state index contributed by atoms with van der Waals surface area (Å²) in [6.07, 6.45) is 4.17. The molecule has 0 unspecified atom stereocenters. The molecular formula is C16H20N2O4. The number of carbonyl (C=O) groups is 1. The summed E-state index contributed by atoms with van der Waals surface area (Å²) in [5, 5.41) is 0. The molecule has 0 aromatic heterocycles. The second kappa shape index (κ2) is 6.27. The Hall–Kier alpha value is -2.21. The van der Waals surface area contributed by atoms with Crippen molar-refractivity contribution in [3.63, 3.8) is 0 Å². The van der Waals surface area contributed by atoms with Gasteiger partial charge in [0.15, 0.2) is 11.5 Å². The van der Waals surface area contributed by atoms with Crippen LogP contribution < -0.4 is 19.9 Å². The van der Waals surface area contributed by atoms with Gasteiger partial charge in [-0.25, -0.2) is 0 Å². The van der Waals surface area contributed by atoms with Gasteiger partial charge >= 0.3 is 0 Å². The van der Waals surface area contributed by atoms with Crippen LogP contribution in [0.25, 0.3) is 6.08 Å². The van der Waals surface area contributed by atoms with E-state index in [1.807, 2.05) is 12.1 Å². The van der Waals surface area contributed by atoms with Gasteiger partial charge in [0.05, 0.1) is 7.11 Å². The second-order valence-electron chi connectivity index (χ2n) is 5.41. The Bertz CT molecular complexity index is 583. The number of nitrogens with two attached hydrogens (primary N) is 1. The number of fused-ring (bicyclic) bond motifs is 1. The van der Waals surface area contributed by atoms with E-state index in [1.165, 1.54) is 0 Å². The van der Waals surface area contributed by atoms with E-state index in [2.05, 4.69) is 0 Å². The number of ether oxygens (including phenoxy) is 3. The Morgan fingerprint density at radius 1 is 1.41 bits per heavy atom. The van der Waals surface area contributed by atoms with Crippen molar-refractivity contribution >= 4 is 12.0 Å². The van der Waals surface area contributed by atoms with Crippen molar-refractivity contribution in [2.75, 3.05) is 33.4 Å². The first kappa shape index (κ1) is 14.7. The van der Waals surface area contributed by atoms with Crippen LogP contribution in [0.4, 0.5) is 0 Å². The molecule has 0 bridgehead atoms. The van der Waals surface area contributed by atoms with Crippen LogP contribution in [0.15, 0.2) is 18.2 Å². The number of rotatable bonds is 3. The van der Waals surface area contributed by atoms with Gasteiger partial charge in [0.2, 0.25) is 11.7 Å². The first-order valence-electron chi connectivity index (χ1n) is 7.37. The lowest BCUT2D eigenvalue weighted by Crippen LogP contribution is -2.30. The fourth-order valence-electron chi connectivity index (χ4n) is 2.65. The lowest BCUT2D eigenvalue weighted by molar-refractivity contribution is -0.124. The maximum Gasteiger partial charge on any atom is 0.246 e. The highest BCUT2D eigenvalue weighted by molar-refractivity contribution is 5.92. The molecule has 2 aliphatic heterocycles. The standard InChI is InChI=1S/C16H20N2O4/c1-20-13-8-11(9-14-16(13)22-7-6-21-14)2-3-15(19)18-5-4-12(17)10-18/h2-3,8-9,12H,4-7,10,17H2,1H3/b3-2+/t12-/m1/s1. The van der Waals surface area contributed by atoms with E-state index < -0.39 is 0 Å². The van der Waals surface area contributed by atoms with Crippen LogP contribution in [0.3, 0.4) is 0 Å². The molecule has 1 amide bonds. The van der Waals surface area contributed by atoms with Gasteiger partial charge in [-0.3, -0.25) is 4.79 Å². The van der Waals surface area contributed by atoms with E-state index in [0.29, 0.717) is 37.0 Å². The summed E-state index contributed by atoms with van der Waals surface area (Å²) in [5.41, 5.74) is 6.65. The van der Waals surface area contributed by atoms with Crippen molar-refractivity contribution in [3.8, 4) is 17.2 Å². The first-order valence-corrected chi connectivity index (χ1v) is 7.37. The SMILES string of the molecule is COc1cc(/C=C/C(=O)N2CC[C@@H](N)C2)cc2c1OCCO2. The second-order valence-corrected chi connectivity index (χ2v) is 5.41. The molecule has 2 heterocycles. The minimum absolute atomic E-state index is 0.0261. The monoisotopic (exact) mass is 304 g/mol. The molecule has 2 aliphatic rings. The maximum atomic E-state index is 12.1. The highest BCUT2D eigenvalue weighted by atomic mass is 16.6. The van der Waals surface area contributed by atoms with Crippen LogP contribution in [0.2, 0.25) is 0 Å². The largest absolute Gasteiger partial charge is 0.493 e. The molecular weight excluding hydrogens is 284 g/mol. The van der Waals surface area contributed by atoms with E-state index in [9.17, 15) is 4.79 Å². The van der Waals surface area contributed by atoms with E-state index in [0.717, 1.165) is 18.5 Å². The van der Waals surface area contributed by atoms with Crippen LogP contribution in [0, 0.1) is 0 Å². The van der Waals surface area contributed by atoms with Crippen LogP contribution >= 0.6 is 0 Å². The zero-order valence-corrected chi connectivity index (χ0v) is 12.6. The van der Waals surface area contributed by atoms with Crippen molar-refractivity contribution in [3.05, 3.63) is 23.8 Å². The summed E-state index contributed by atoms with van der Waals surface area (Å²) >= 11 is 0. The Morgan fingerprint density at radius 3 is 2.95 bits per heavy atom. The van der Waals surface area contributed by atoms with E-state index in [4.69, 9.17) is 19.9 Å². The molecule has 3 rings (SSSR count). The van der Waals surface area contributed by atoms with E-state index in [-0.39, 0.29) is 11.9 Å². The number of hydrogen-bond donors (Lipinski definition) is 1. The van der Waals surface area contributed by atoms with Gasteiger partial charge in [-0.1, -0.05) is 0 Å². The van der Waals surface area contributed by atoms with E-state index >= 15 is 0 Å². The quantitative estimate of drug-likeness (QED) is 0.845. The normalized spacial score (nSPS) is 20.5. The zero-order valence-electron chi connectivity index (χ0n) is 12.6. The van der Waals surface area contributed by atoms with Gasteiger partial charge in [0.1, 0.15) is 13.2 Å². The molecule has 118 valence electrons. The molecule has 6 heteroatoms. The number of carbonyl (C=O) groups excluding carboxylic acids is 1. The van der Waals surface area contributed by atoms with Crippen LogP contribution in [-0.4, -0.2) is 50.3 Å². The third-order valence-corrected chi connectivity index (χ3v) is 3.81. The van der Waals surface area contributed by atoms with Gasteiger partial charge < -0.3 is 24.8 Å². The topological polar surface area (TPSA) is 74.0 Å². The highest BCUT2D eigenvalue weighted by Gasteiger charge is 2.22. The maximum absolute atomic E-state index is 12.1. The first-order chi connectivity index (χ1) is 10.7. The van der Waals surface area contributed by atoms with Gasteiger partial charge in [0, 0.05) is 25.2 Å². The van der Waals surface area contributed by atoms with Crippen molar-refractivity contribution in [1.29, 1.82) is 0 Å². The summed E-state index contributed by atoms with van der Waals surface area (Å²) in [5.74, 6) is 1.83. The average molecular weight is 304 g/mol. The molecule has 22 heavy (non-hydrogen) atoms. The summed E-state index contributed by atoms with van der Waals surface area (Å²) < 4.78 is 16.5. The fourth-order valence-corrected chi connectivity index (χ4v) is 2.65. The molecule has 1 atom stereocenters. The smallest absolute Gasteiger partial charge is 0.246 e. The summed E-state index contributed by atoms with van der Waals surface area (Å²) in [6.45, 7) is 2.35. The predicted octanol–water partition coefficient (Wildman–Crippen LogP) is 1.04. The number of likely N-dealkylation sites (tertiary alicyclic amines) is 1. The van der Waals surface area contributed by atoms with E-state index in [1.54, 1.807) is 24.2 Å². The van der Waals surface area contributed by atoms with Crippen LogP contribution in [0.5, 0.6) is 17.2 Å². The molecule has 1 saturated heterocycles. The summed E-state index contributed by atoms with van der Waals surface area (Å²) in [6, 6.07) is 3.76. The zero-order chi connectivity index (χ0) is 15.5. The van der Waals surface area contributed by atoms with Crippen LogP contribution in [-0.2, 0) is 4.79 Å². The Labute approximate surface area is 129 Å². The summed E-state index contributed by atoms with van der Waals surface area (Å²) in [7, 11) is 1.58. The van der Waals surface area contributed by atoms with Gasteiger partial charge in [-0.05, 0) is 30.2 Å². The fraction of sp³-hybridized carbons (Fsp3) is 0.438. The van der Waals surface area contributed by atoms with Gasteiger partial charge in [-0.2, -0.15) is 0 Å². The number of amides is 1.